The highest BCUT2D eigenvalue weighted by atomic mass is 35.5. The largest absolute Gasteiger partial charge is 0.351 e. The SMILES string of the molecule is O=C1CCCc2c1[nH]c1c(Cl)cc(-c3ccccc3)cc21. The molecule has 1 aromatic heterocycles. The smallest absolute Gasteiger partial charge is 0.179 e. The number of hydrogen-bond donors (Lipinski definition) is 1. The Kier molecular flexibility index (Phi) is 2.86. The Balaban J connectivity index is 1.99. The molecule has 2 nitrogen and oxygen atoms in total. The molecule has 0 aliphatic heterocycles. The minimum atomic E-state index is 0.199. The Morgan fingerprint density at radius 3 is 2.62 bits per heavy atom. The first-order valence-corrected chi connectivity index (χ1v) is 7.54. The number of fused-ring (bicyclic) bond motifs is 3. The van der Waals surface area contributed by atoms with E-state index < -0.39 is 0 Å². The molecule has 1 aliphatic carbocycles. The Bertz CT molecular complexity index is 849. The van der Waals surface area contributed by atoms with Gasteiger partial charge in [0.1, 0.15) is 0 Å². The van der Waals surface area contributed by atoms with Crippen molar-refractivity contribution < 1.29 is 4.79 Å². The molecule has 1 heterocycles. The van der Waals surface area contributed by atoms with Crippen LogP contribution in [0.1, 0.15) is 28.9 Å². The lowest BCUT2D eigenvalue weighted by molar-refractivity contribution is 0.0968. The van der Waals surface area contributed by atoms with Gasteiger partial charge in [-0.15, -0.1) is 0 Å². The molecule has 2 aromatic carbocycles. The van der Waals surface area contributed by atoms with Crippen molar-refractivity contribution in [3.8, 4) is 11.1 Å². The number of carbonyl (C=O) groups excluding carboxylic acids is 1. The van der Waals surface area contributed by atoms with Crippen molar-refractivity contribution >= 4 is 28.3 Å². The van der Waals surface area contributed by atoms with E-state index in [0.717, 1.165) is 46.1 Å². The van der Waals surface area contributed by atoms with Gasteiger partial charge in [-0.1, -0.05) is 41.9 Å². The normalized spacial score (nSPS) is 14.4. The number of hydrogen-bond acceptors (Lipinski definition) is 1. The van der Waals surface area contributed by atoms with Gasteiger partial charge in [0.25, 0.3) is 0 Å². The van der Waals surface area contributed by atoms with E-state index in [-0.39, 0.29) is 5.78 Å². The second-order valence-corrected chi connectivity index (χ2v) is 5.91. The second-order valence-electron chi connectivity index (χ2n) is 5.50. The van der Waals surface area contributed by atoms with Crippen LogP contribution in [0.4, 0.5) is 0 Å². The van der Waals surface area contributed by atoms with Crippen LogP contribution in [0.25, 0.3) is 22.0 Å². The Hall–Kier alpha value is -2.06. The van der Waals surface area contributed by atoms with Gasteiger partial charge in [-0.25, -0.2) is 0 Å². The van der Waals surface area contributed by atoms with Gasteiger partial charge in [0.05, 0.1) is 16.2 Å². The second kappa shape index (κ2) is 4.74. The minimum Gasteiger partial charge on any atom is -0.351 e. The fourth-order valence-electron chi connectivity index (χ4n) is 3.15. The molecule has 21 heavy (non-hydrogen) atoms. The van der Waals surface area contributed by atoms with E-state index in [1.165, 1.54) is 0 Å². The maximum absolute atomic E-state index is 12.0. The van der Waals surface area contributed by atoms with Crippen molar-refractivity contribution in [1.29, 1.82) is 0 Å². The van der Waals surface area contributed by atoms with Crippen molar-refractivity contribution in [3.05, 3.63) is 58.7 Å². The molecule has 0 radical (unpaired) electrons. The zero-order valence-corrected chi connectivity index (χ0v) is 12.2. The molecule has 1 aliphatic rings. The van der Waals surface area contributed by atoms with Gasteiger partial charge in [0.2, 0.25) is 0 Å². The highest BCUT2D eigenvalue weighted by Gasteiger charge is 2.23. The number of H-pyrrole nitrogens is 1. The van der Waals surface area contributed by atoms with Crippen molar-refractivity contribution in [2.45, 2.75) is 19.3 Å². The molecule has 0 amide bonds. The van der Waals surface area contributed by atoms with Gasteiger partial charge in [-0.3, -0.25) is 4.79 Å². The summed E-state index contributed by atoms with van der Waals surface area (Å²) < 4.78 is 0. The van der Waals surface area contributed by atoms with Gasteiger partial charge in [0.15, 0.2) is 5.78 Å². The molecule has 0 bridgehead atoms. The zero-order valence-electron chi connectivity index (χ0n) is 11.4. The standard InChI is InChI=1S/C18H14ClNO/c19-15-10-12(11-5-2-1-3-6-11)9-14-13-7-4-8-16(21)18(13)20-17(14)15/h1-3,5-6,9-10,20H,4,7-8H2. The van der Waals surface area contributed by atoms with Gasteiger partial charge < -0.3 is 4.98 Å². The summed E-state index contributed by atoms with van der Waals surface area (Å²) in [6, 6.07) is 14.3. The van der Waals surface area contributed by atoms with Crippen LogP contribution in [0.3, 0.4) is 0 Å². The van der Waals surface area contributed by atoms with Gasteiger partial charge >= 0.3 is 0 Å². The third-order valence-electron chi connectivity index (χ3n) is 4.18. The van der Waals surface area contributed by atoms with Crippen LogP contribution in [-0.2, 0) is 6.42 Å². The number of nitrogens with one attached hydrogen (secondary N) is 1. The van der Waals surface area contributed by atoms with Crippen molar-refractivity contribution in [3.63, 3.8) is 0 Å². The summed E-state index contributed by atoms with van der Waals surface area (Å²) in [5, 5.41) is 1.76. The van der Waals surface area contributed by atoms with Gasteiger partial charge in [-0.05, 0) is 41.7 Å². The monoisotopic (exact) mass is 295 g/mol. The van der Waals surface area contributed by atoms with E-state index in [1.54, 1.807) is 0 Å². The summed E-state index contributed by atoms with van der Waals surface area (Å²) in [5.41, 5.74) is 4.99. The van der Waals surface area contributed by atoms with Crippen molar-refractivity contribution in [1.82, 2.24) is 4.98 Å². The van der Waals surface area contributed by atoms with Crippen LogP contribution in [0, 0.1) is 0 Å². The summed E-state index contributed by atoms with van der Waals surface area (Å²) in [6.07, 6.45) is 2.49. The van der Waals surface area contributed by atoms with Gasteiger partial charge in [-0.2, -0.15) is 0 Å². The highest BCUT2D eigenvalue weighted by Crippen LogP contribution is 2.36. The van der Waals surface area contributed by atoms with E-state index in [0.29, 0.717) is 11.4 Å². The molecule has 0 fully saturated rings. The van der Waals surface area contributed by atoms with E-state index >= 15 is 0 Å². The van der Waals surface area contributed by atoms with E-state index in [4.69, 9.17) is 11.6 Å². The first kappa shape index (κ1) is 12.7. The molecule has 0 unspecified atom stereocenters. The average Bonchev–Trinajstić information content (AvgIpc) is 2.89. The molecule has 0 atom stereocenters. The molecule has 3 aromatic rings. The number of aryl methyl sites for hydroxylation is 1. The topological polar surface area (TPSA) is 32.9 Å². The average molecular weight is 296 g/mol. The van der Waals surface area contributed by atoms with Gasteiger partial charge in [0, 0.05) is 11.8 Å². The van der Waals surface area contributed by atoms with Crippen LogP contribution in [0.5, 0.6) is 0 Å². The van der Waals surface area contributed by atoms with Crippen LogP contribution in [0.15, 0.2) is 42.5 Å². The molecule has 0 saturated heterocycles. The molecule has 4 rings (SSSR count). The Labute approximate surface area is 127 Å². The first-order valence-electron chi connectivity index (χ1n) is 7.17. The predicted octanol–water partition coefficient (Wildman–Crippen LogP) is 5.01. The molecule has 0 saturated carbocycles. The third-order valence-corrected chi connectivity index (χ3v) is 4.48. The summed E-state index contributed by atoms with van der Waals surface area (Å²) >= 11 is 6.44. The fourth-order valence-corrected chi connectivity index (χ4v) is 3.42. The minimum absolute atomic E-state index is 0.199. The molecule has 0 spiro atoms. The van der Waals surface area contributed by atoms with Crippen LogP contribution in [-0.4, -0.2) is 10.8 Å². The fraction of sp³-hybridized carbons (Fsp3) is 0.167. The number of halogens is 1. The van der Waals surface area contributed by atoms with Crippen LogP contribution < -0.4 is 0 Å². The number of Topliss-reactive ketones (excluding diaryl/α,β-unsaturated/α-hetero) is 1. The van der Waals surface area contributed by atoms with E-state index in [9.17, 15) is 4.79 Å². The summed E-state index contributed by atoms with van der Waals surface area (Å²) in [4.78, 5) is 15.3. The number of aromatic amines is 1. The first-order chi connectivity index (χ1) is 10.2. The maximum atomic E-state index is 12.0. The summed E-state index contributed by atoms with van der Waals surface area (Å²) in [7, 11) is 0. The lowest BCUT2D eigenvalue weighted by Gasteiger charge is -2.10. The summed E-state index contributed by atoms with van der Waals surface area (Å²) in [6.45, 7) is 0. The quantitative estimate of drug-likeness (QED) is 0.673. The summed E-state index contributed by atoms with van der Waals surface area (Å²) in [5.74, 6) is 0.199. The molecular formula is C18H14ClNO. The number of rotatable bonds is 1. The maximum Gasteiger partial charge on any atom is 0.179 e. The number of benzene rings is 2. The van der Waals surface area contributed by atoms with Crippen LogP contribution in [0.2, 0.25) is 5.02 Å². The molecule has 3 heteroatoms. The van der Waals surface area contributed by atoms with E-state index in [1.807, 2.05) is 24.3 Å². The van der Waals surface area contributed by atoms with Crippen LogP contribution >= 0.6 is 11.6 Å². The number of aromatic nitrogens is 1. The van der Waals surface area contributed by atoms with Crippen molar-refractivity contribution in [2.24, 2.45) is 0 Å². The Morgan fingerprint density at radius 1 is 1.00 bits per heavy atom. The zero-order chi connectivity index (χ0) is 14.4. The number of carbonyl (C=O) groups is 1. The van der Waals surface area contributed by atoms with Crippen molar-refractivity contribution in [2.75, 3.05) is 0 Å². The lowest BCUT2D eigenvalue weighted by Crippen LogP contribution is -2.09. The Morgan fingerprint density at radius 2 is 1.81 bits per heavy atom. The highest BCUT2D eigenvalue weighted by molar-refractivity contribution is 6.36. The molecule has 1 N–H and O–H groups in total. The predicted molar refractivity (Wildman–Crippen MR) is 86.0 cm³/mol. The number of ketones is 1. The van der Waals surface area contributed by atoms with E-state index in [2.05, 4.69) is 23.2 Å². The molecule has 104 valence electrons. The molecular weight excluding hydrogens is 282 g/mol. The third kappa shape index (κ3) is 1.98. The lowest BCUT2D eigenvalue weighted by atomic mass is 9.93.